The fourth-order valence-corrected chi connectivity index (χ4v) is 1.77. The lowest BCUT2D eigenvalue weighted by atomic mass is 9.89. The maximum atomic E-state index is 11.5. The zero-order chi connectivity index (χ0) is 12.0. The Kier molecular flexibility index (Phi) is 4.56. The summed E-state index contributed by atoms with van der Waals surface area (Å²) in [6, 6.07) is 2.02. The van der Waals surface area contributed by atoms with Gasteiger partial charge in [-0.2, -0.15) is 5.26 Å². The van der Waals surface area contributed by atoms with E-state index in [1.807, 2.05) is 14.0 Å². The first-order valence-electron chi connectivity index (χ1n) is 5.78. The minimum Gasteiger partial charge on any atom is -0.338 e. The second-order valence-corrected chi connectivity index (χ2v) is 4.38. The van der Waals surface area contributed by atoms with E-state index < -0.39 is 5.54 Å². The summed E-state index contributed by atoms with van der Waals surface area (Å²) < 4.78 is 0. The Bertz CT molecular complexity index is 276. The molecule has 1 aliphatic heterocycles. The molecule has 0 unspecified atom stereocenters. The maximum absolute atomic E-state index is 11.5. The van der Waals surface area contributed by atoms with E-state index >= 15 is 0 Å². The average Bonchev–Trinajstić information content (AvgIpc) is 2.30. The van der Waals surface area contributed by atoms with E-state index in [1.54, 1.807) is 0 Å². The first-order chi connectivity index (χ1) is 7.62. The van der Waals surface area contributed by atoms with Crippen LogP contribution in [0, 0.1) is 11.3 Å². The van der Waals surface area contributed by atoms with Gasteiger partial charge in [0.15, 0.2) is 0 Å². The van der Waals surface area contributed by atoms with Crippen molar-refractivity contribution in [2.45, 2.75) is 31.7 Å². The van der Waals surface area contributed by atoms with Gasteiger partial charge < -0.3 is 15.5 Å². The van der Waals surface area contributed by atoms with Crippen molar-refractivity contribution in [3.63, 3.8) is 0 Å². The lowest BCUT2D eigenvalue weighted by Gasteiger charge is -2.35. The van der Waals surface area contributed by atoms with Gasteiger partial charge in [0.1, 0.15) is 5.54 Å². The molecule has 5 nitrogen and oxygen atoms in total. The number of nitrogens with zero attached hydrogens (tertiary/aromatic N) is 2. The predicted molar refractivity (Wildman–Crippen MR) is 61.9 cm³/mol. The molecule has 16 heavy (non-hydrogen) atoms. The minimum absolute atomic E-state index is 0.229. The van der Waals surface area contributed by atoms with Gasteiger partial charge in [0.2, 0.25) is 0 Å². The monoisotopic (exact) mass is 224 g/mol. The van der Waals surface area contributed by atoms with E-state index in [0.717, 1.165) is 19.5 Å². The lowest BCUT2D eigenvalue weighted by molar-refractivity contribution is 0.188. The third kappa shape index (κ3) is 3.38. The van der Waals surface area contributed by atoms with Crippen LogP contribution in [0.3, 0.4) is 0 Å². The summed E-state index contributed by atoms with van der Waals surface area (Å²) in [4.78, 5) is 13.7. The zero-order valence-electron chi connectivity index (χ0n) is 10.0. The number of amides is 2. The molecule has 2 amide bonds. The van der Waals surface area contributed by atoms with Crippen LogP contribution in [-0.2, 0) is 0 Å². The summed E-state index contributed by atoms with van der Waals surface area (Å²) in [5.74, 6) is 0. The third-order valence-corrected chi connectivity index (χ3v) is 2.94. The fraction of sp³-hybridized carbons (Fsp3) is 0.818. The molecular weight excluding hydrogens is 204 g/mol. The van der Waals surface area contributed by atoms with Gasteiger partial charge in [-0.15, -0.1) is 0 Å². The van der Waals surface area contributed by atoms with Crippen LogP contribution in [0.1, 0.15) is 26.2 Å². The Hall–Kier alpha value is -1.28. The molecule has 0 saturated carbocycles. The summed E-state index contributed by atoms with van der Waals surface area (Å²) in [5.41, 5.74) is -0.676. The van der Waals surface area contributed by atoms with Crippen molar-refractivity contribution in [3.05, 3.63) is 0 Å². The Balaban J connectivity index is 2.48. The molecule has 1 rings (SSSR count). The molecule has 5 heteroatoms. The second kappa shape index (κ2) is 5.71. The second-order valence-electron chi connectivity index (χ2n) is 4.38. The van der Waals surface area contributed by atoms with Gasteiger partial charge >= 0.3 is 6.03 Å². The molecule has 0 atom stereocenters. The van der Waals surface area contributed by atoms with Crippen molar-refractivity contribution in [2.75, 3.05) is 26.7 Å². The highest BCUT2D eigenvalue weighted by Gasteiger charge is 2.35. The van der Waals surface area contributed by atoms with Gasteiger partial charge in [-0.05, 0) is 26.3 Å². The number of rotatable bonds is 3. The number of piperidine rings is 1. The first kappa shape index (κ1) is 12.8. The van der Waals surface area contributed by atoms with E-state index in [4.69, 9.17) is 0 Å². The minimum atomic E-state index is -0.676. The van der Waals surface area contributed by atoms with Crippen LogP contribution in [0.25, 0.3) is 0 Å². The van der Waals surface area contributed by atoms with Gasteiger partial charge in [0.25, 0.3) is 0 Å². The van der Waals surface area contributed by atoms with Crippen molar-refractivity contribution < 1.29 is 4.79 Å². The largest absolute Gasteiger partial charge is 0.338 e. The van der Waals surface area contributed by atoms with E-state index in [0.29, 0.717) is 19.4 Å². The van der Waals surface area contributed by atoms with Crippen molar-refractivity contribution in [1.82, 2.24) is 15.5 Å². The molecule has 2 N–H and O–H groups in total. The molecule has 1 aliphatic rings. The number of urea groups is 1. The zero-order valence-corrected chi connectivity index (χ0v) is 10.0. The summed E-state index contributed by atoms with van der Waals surface area (Å²) in [6.07, 6.45) is 2.29. The van der Waals surface area contributed by atoms with E-state index in [2.05, 4.69) is 21.6 Å². The summed E-state index contributed by atoms with van der Waals surface area (Å²) in [7, 11) is 2.03. The van der Waals surface area contributed by atoms with Crippen LogP contribution in [0.5, 0.6) is 0 Å². The van der Waals surface area contributed by atoms with Crippen molar-refractivity contribution in [1.29, 1.82) is 5.26 Å². The van der Waals surface area contributed by atoms with Crippen LogP contribution >= 0.6 is 0 Å². The first-order valence-corrected chi connectivity index (χ1v) is 5.78. The van der Waals surface area contributed by atoms with Gasteiger partial charge in [-0.3, -0.25) is 0 Å². The van der Waals surface area contributed by atoms with Crippen LogP contribution < -0.4 is 10.6 Å². The Morgan fingerprint density at radius 1 is 1.50 bits per heavy atom. The molecule has 0 aromatic heterocycles. The smallest absolute Gasteiger partial charge is 0.316 e. The summed E-state index contributed by atoms with van der Waals surface area (Å²) >= 11 is 0. The molecule has 1 heterocycles. The third-order valence-electron chi connectivity index (χ3n) is 2.94. The van der Waals surface area contributed by atoms with Crippen molar-refractivity contribution >= 4 is 6.03 Å². The number of hydrogen-bond donors (Lipinski definition) is 2. The van der Waals surface area contributed by atoms with Crippen LogP contribution in [0.15, 0.2) is 0 Å². The molecule has 0 aromatic rings. The summed E-state index contributed by atoms with van der Waals surface area (Å²) in [6.45, 7) is 4.34. The van der Waals surface area contributed by atoms with E-state index in [9.17, 15) is 10.1 Å². The SMILES string of the molecule is CCCNC(=O)NC1(C#N)CCN(C)CC1. The van der Waals surface area contributed by atoms with Gasteiger partial charge in [0.05, 0.1) is 6.07 Å². The standard InChI is InChI=1S/C11H20N4O/c1-3-6-13-10(16)14-11(9-12)4-7-15(2)8-5-11/h3-8H2,1-2H3,(H2,13,14,16). The topological polar surface area (TPSA) is 68.2 Å². The molecule has 0 aliphatic carbocycles. The molecule has 0 bridgehead atoms. The Morgan fingerprint density at radius 3 is 2.62 bits per heavy atom. The Labute approximate surface area is 96.8 Å². The van der Waals surface area contributed by atoms with Crippen LogP contribution in [0.2, 0.25) is 0 Å². The highest BCUT2D eigenvalue weighted by molar-refractivity contribution is 5.75. The number of carbonyl (C=O) groups is 1. The summed E-state index contributed by atoms with van der Waals surface area (Å²) in [5, 5.41) is 14.7. The lowest BCUT2D eigenvalue weighted by Crippen LogP contribution is -2.56. The molecule has 1 fully saturated rings. The van der Waals surface area contributed by atoms with Crippen LogP contribution in [-0.4, -0.2) is 43.2 Å². The molecule has 90 valence electrons. The fourth-order valence-electron chi connectivity index (χ4n) is 1.77. The van der Waals surface area contributed by atoms with Gasteiger partial charge in [-0.1, -0.05) is 6.92 Å². The molecule has 1 saturated heterocycles. The number of carbonyl (C=O) groups excluding carboxylic acids is 1. The number of nitrogens with one attached hydrogen (secondary N) is 2. The molecule has 0 spiro atoms. The maximum Gasteiger partial charge on any atom is 0.316 e. The number of hydrogen-bond acceptors (Lipinski definition) is 3. The number of likely N-dealkylation sites (tertiary alicyclic amines) is 1. The highest BCUT2D eigenvalue weighted by atomic mass is 16.2. The molecule has 0 radical (unpaired) electrons. The van der Waals surface area contributed by atoms with E-state index in [1.165, 1.54) is 0 Å². The average molecular weight is 224 g/mol. The van der Waals surface area contributed by atoms with Crippen LogP contribution in [0.4, 0.5) is 4.79 Å². The molecule has 0 aromatic carbocycles. The van der Waals surface area contributed by atoms with Gasteiger partial charge in [-0.25, -0.2) is 4.79 Å². The highest BCUT2D eigenvalue weighted by Crippen LogP contribution is 2.20. The predicted octanol–water partition coefficient (Wildman–Crippen LogP) is 0.684. The van der Waals surface area contributed by atoms with Crippen molar-refractivity contribution in [3.8, 4) is 6.07 Å². The Morgan fingerprint density at radius 2 is 2.12 bits per heavy atom. The quantitative estimate of drug-likeness (QED) is 0.741. The van der Waals surface area contributed by atoms with Gasteiger partial charge in [0, 0.05) is 19.6 Å². The van der Waals surface area contributed by atoms with Crippen molar-refractivity contribution in [2.24, 2.45) is 0 Å². The normalized spacial score (nSPS) is 19.8. The van der Waals surface area contributed by atoms with E-state index in [-0.39, 0.29) is 6.03 Å². The number of nitriles is 1. The molecular formula is C11H20N4O.